The van der Waals surface area contributed by atoms with E-state index >= 15 is 0 Å². The smallest absolute Gasteiger partial charge is 0.463 e. The van der Waals surface area contributed by atoms with Crippen LogP contribution in [0.25, 0.3) is 0 Å². The maximum atomic E-state index is 11.6. The van der Waals surface area contributed by atoms with E-state index in [4.69, 9.17) is 19.6 Å². The van der Waals surface area contributed by atoms with Crippen LogP contribution >= 0.6 is 7.82 Å². The van der Waals surface area contributed by atoms with Gasteiger partial charge in [0, 0.05) is 6.42 Å². The van der Waals surface area contributed by atoms with Crippen molar-refractivity contribution in [3.05, 3.63) is 0 Å². The van der Waals surface area contributed by atoms with Gasteiger partial charge in [-0.3, -0.25) is 9.32 Å². The van der Waals surface area contributed by atoms with Crippen LogP contribution in [0.4, 0.5) is 0 Å². The molecule has 0 aliphatic carbocycles. The lowest BCUT2D eigenvalue weighted by atomic mass is 10.0. The number of aliphatic hydroxyl groups excluding tert-OH is 1. The molecule has 0 saturated heterocycles. The van der Waals surface area contributed by atoms with E-state index in [0.29, 0.717) is 0 Å². The Kier molecular flexibility index (Phi) is 16.4. The van der Waals surface area contributed by atoms with Gasteiger partial charge in [-0.1, -0.05) is 77.6 Å². The first kappa shape index (κ1) is 25.5. The predicted octanol–water partition coefficient (Wildman–Crippen LogP) is 4.09. The van der Waals surface area contributed by atoms with Crippen LogP contribution in [0, 0.1) is 0 Å². The number of ether oxygens (including phenoxy) is 1. The van der Waals surface area contributed by atoms with Gasteiger partial charge >= 0.3 is 13.8 Å². The van der Waals surface area contributed by atoms with Crippen molar-refractivity contribution in [2.75, 3.05) is 13.2 Å². The minimum atomic E-state index is -4.70. The maximum Gasteiger partial charge on any atom is 0.470 e. The Morgan fingerprint density at radius 3 is 1.77 bits per heavy atom. The Labute approximate surface area is 157 Å². The molecule has 0 amide bonds. The fraction of sp³-hybridized carbons (Fsp3) is 0.944. The summed E-state index contributed by atoms with van der Waals surface area (Å²) in [5.74, 6) is -0.440. The number of carbonyl (C=O) groups excluding carboxylic acids is 1. The topological polar surface area (TPSA) is 113 Å². The molecule has 0 fully saturated rings. The van der Waals surface area contributed by atoms with Gasteiger partial charge < -0.3 is 19.6 Å². The van der Waals surface area contributed by atoms with E-state index in [1.54, 1.807) is 0 Å². The van der Waals surface area contributed by atoms with Crippen LogP contribution < -0.4 is 0 Å². The van der Waals surface area contributed by atoms with Gasteiger partial charge in [0.25, 0.3) is 0 Å². The molecule has 0 aliphatic heterocycles. The minimum Gasteiger partial charge on any atom is -0.463 e. The number of phosphoric ester groups is 1. The number of aliphatic hydroxyl groups is 1. The Hall–Kier alpha value is -0.460. The van der Waals surface area contributed by atoms with Crippen LogP contribution in [0.3, 0.4) is 0 Å². The molecule has 0 rings (SSSR count). The van der Waals surface area contributed by atoms with Crippen LogP contribution in [0.5, 0.6) is 0 Å². The molecular formula is C18H37O7P. The molecule has 1 atom stereocenters. The number of hydrogen-bond donors (Lipinski definition) is 3. The molecule has 0 aliphatic rings. The number of unbranched alkanes of at least 4 members (excludes halogenated alkanes) is 11. The second-order valence-electron chi connectivity index (χ2n) is 6.72. The van der Waals surface area contributed by atoms with E-state index in [1.165, 1.54) is 57.8 Å². The van der Waals surface area contributed by atoms with Crippen LogP contribution in [0.2, 0.25) is 0 Å². The standard InChI is InChI=1S/C18H37O7P/c1-2-3-4-5-6-7-8-9-10-11-12-13-14-18(20)24-16-17(15-19)25-26(21,22)23/h17,19H,2-16H2,1H3,(H2,21,22,23). The molecule has 3 N–H and O–H groups in total. The van der Waals surface area contributed by atoms with Gasteiger partial charge in [0.15, 0.2) is 0 Å². The lowest BCUT2D eigenvalue weighted by molar-refractivity contribution is -0.147. The molecule has 0 aromatic heterocycles. The third-order valence-electron chi connectivity index (χ3n) is 4.15. The van der Waals surface area contributed by atoms with Crippen molar-refractivity contribution in [1.29, 1.82) is 0 Å². The number of rotatable bonds is 18. The molecule has 0 radical (unpaired) electrons. The Morgan fingerprint density at radius 2 is 1.35 bits per heavy atom. The lowest BCUT2D eigenvalue weighted by Crippen LogP contribution is -2.24. The van der Waals surface area contributed by atoms with E-state index in [1.807, 2.05) is 0 Å². The fourth-order valence-corrected chi connectivity index (χ4v) is 3.19. The highest BCUT2D eigenvalue weighted by Gasteiger charge is 2.22. The van der Waals surface area contributed by atoms with Crippen LogP contribution in [-0.4, -0.2) is 40.2 Å². The molecule has 1 unspecified atom stereocenters. The SMILES string of the molecule is CCCCCCCCCCCCCCC(=O)OCC(CO)OP(=O)(O)O. The molecule has 26 heavy (non-hydrogen) atoms. The fourth-order valence-electron chi connectivity index (χ4n) is 2.68. The summed E-state index contributed by atoms with van der Waals surface area (Å²) in [6, 6.07) is 0. The van der Waals surface area contributed by atoms with E-state index in [-0.39, 0.29) is 13.0 Å². The molecule has 0 spiro atoms. The van der Waals surface area contributed by atoms with E-state index in [0.717, 1.165) is 19.3 Å². The van der Waals surface area contributed by atoms with Gasteiger partial charge in [0.2, 0.25) is 0 Å². The van der Waals surface area contributed by atoms with Gasteiger partial charge in [-0.25, -0.2) is 4.57 Å². The summed E-state index contributed by atoms with van der Waals surface area (Å²) in [6.07, 6.45) is 13.6. The number of carbonyl (C=O) groups is 1. The number of esters is 1. The molecule has 8 heteroatoms. The van der Waals surface area contributed by atoms with E-state index < -0.39 is 26.5 Å². The molecular weight excluding hydrogens is 359 g/mol. The average molecular weight is 396 g/mol. The summed E-state index contributed by atoms with van der Waals surface area (Å²) in [6.45, 7) is 1.24. The first-order chi connectivity index (χ1) is 12.4. The van der Waals surface area contributed by atoms with Crippen molar-refractivity contribution in [2.45, 2.75) is 96.5 Å². The van der Waals surface area contributed by atoms with Crippen LogP contribution in [0.1, 0.15) is 90.4 Å². The molecule has 0 heterocycles. The van der Waals surface area contributed by atoms with Crippen molar-refractivity contribution in [3.8, 4) is 0 Å². The average Bonchev–Trinajstić information content (AvgIpc) is 2.58. The number of phosphoric acid groups is 1. The minimum absolute atomic E-state index is 0.269. The van der Waals surface area contributed by atoms with Crippen LogP contribution in [-0.2, 0) is 18.6 Å². The Morgan fingerprint density at radius 1 is 0.885 bits per heavy atom. The third kappa shape index (κ3) is 18.3. The molecule has 156 valence electrons. The zero-order valence-electron chi connectivity index (χ0n) is 16.1. The molecule has 0 saturated carbocycles. The van der Waals surface area contributed by atoms with Crippen molar-refractivity contribution < 1.29 is 33.5 Å². The largest absolute Gasteiger partial charge is 0.470 e. The third-order valence-corrected chi connectivity index (χ3v) is 4.73. The summed E-state index contributed by atoms with van der Waals surface area (Å²) in [5.41, 5.74) is 0. The normalized spacial score (nSPS) is 12.9. The summed E-state index contributed by atoms with van der Waals surface area (Å²) in [7, 11) is -4.70. The van der Waals surface area contributed by atoms with E-state index in [9.17, 15) is 9.36 Å². The molecule has 0 aromatic carbocycles. The Bertz CT molecular complexity index is 384. The summed E-state index contributed by atoms with van der Waals surface area (Å²) in [5, 5.41) is 8.93. The molecule has 0 aromatic rings. The highest BCUT2D eigenvalue weighted by atomic mass is 31.2. The Balaban J connectivity index is 3.44. The van der Waals surface area contributed by atoms with Crippen molar-refractivity contribution >= 4 is 13.8 Å². The quantitative estimate of drug-likeness (QED) is 0.182. The number of hydrogen-bond acceptors (Lipinski definition) is 5. The van der Waals surface area contributed by atoms with Crippen LogP contribution in [0.15, 0.2) is 0 Å². The maximum absolute atomic E-state index is 11.6. The monoisotopic (exact) mass is 396 g/mol. The summed E-state index contributed by atoms with van der Waals surface area (Å²) in [4.78, 5) is 28.9. The van der Waals surface area contributed by atoms with Crippen molar-refractivity contribution in [2.24, 2.45) is 0 Å². The van der Waals surface area contributed by atoms with Gasteiger partial charge in [-0.15, -0.1) is 0 Å². The van der Waals surface area contributed by atoms with Gasteiger partial charge in [-0.2, -0.15) is 0 Å². The highest BCUT2D eigenvalue weighted by Crippen LogP contribution is 2.37. The summed E-state index contributed by atoms with van der Waals surface area (Å²) < 4.78 is 19.8. The highest BCUT2D eigenvalue weighted by molar-refractivity contribution is 7.46. The van der Waals surface area contributed by atoms with E-state index in [2.05, 4.69) is 11.4 Å². The summed E-state index contributed by atoms with van der Waals surface area (Å²) >= 11 is 0. The van der Waals surface area contributed by atoms with Gasteiger partial charge in [0.1, 0.15) is 12.7 Å². The predicted molar refractivity (Wildman–Crippen MR) is 101 cm³/mol. The van der Waals surface area contributed by atoms with Crippen molar-refractivity contribution in [1.82, 2.24) is 0 Å². The second-order valence-corrected chi connectivity index (χ2v) is 7.91. The van der Waals surface area contributed by atoms with Gasteiger partial charge in [0.05, 0.1) is 6.61 Å². The van der Waals surface area contributed by atoms with Gasteiger partial charge in [-0.05, 0) is 6.42 Å². The first-order valence-corrected chi connectivity index (χ1v) is 11.4. The molecule has 0 bridgehead atoms. The lowest BCUT2D eigenvalue weighted by Gasteiger charge is -2.15. The second kappa shape index (κ2) is 16.7. The van der Waals surface area contributed by atoms with Crippen molar-refractivity contribution in [3.63, 3.8) is 0 Å². The first-order valence-electron chi connectivity index (χ1n) is 9.89. The molecule has 7 nitrogen and oxygen atoms in total. The zero-order valence-corrected chi connectivity index (χ0v) is 17.0. The zero-order chi connectivity index (χ0) is 19.7.